The SMILES string of the molecule is CC(Oc1ccccc1)C(=O)NCc1ccc(S(N)(=O)=O)s1. The second kappa shape index (κ2) is 6.91. The number of rotatable bonds is 6. The Labute approximate surface area is 133 Å². The average molecular weight is 340 g/mol. The van der Waals surface area contributed by atoms with E-state index in [0.717, 1.165) is 11.3 Å². The molecule has 0 fully saturated rings. The summed E-state index contributed by atoms with van der Waals surface area (Å²) in [5.74, 6) is 0.326. The third-order valence-corrected chi connectivity index (χ3v) is 5.30. The first-order chi connectivity index (χ1) is 10.4. The number of amides is 1. The molecule has 0 aliphatic rings. The van der Waals surface area contributed by atoms with E-state index >= 15 is 0 Å². The lowest BCUT2D eigenvalue weighted by Crippen LogP contribution is -2.35. The van der Waals surface area contributed by atoms with Crippen LogP contribution in [0.4, 0.5) is 0 Å². The van der Waals surface area contributed by atoms with Crippen LogP contribution in [0, 0.1) is 0 Å². The minimum Gasteiger partial charge on any atom is -0.481 e. The molecule has 0 radical (unpaired) electrons. The molecule has 2 rings (SSSR count). The standard InChI is InChI=1S/C14H16N2O4S2/c1-10(20-11-5-3-2-4-6-11)14(17)16-9-12-7-8-13(21-12)22(15,18)19/h2-8,10H,9H2,1H3,(H,16,17)(H2,15,18,19). The molecule has 1 heterocycles. The molecular weight excluding hydrogens is 324 g/mol. The van der Waals surface area contributed by atoms with Gasteiger partial charge in [0, 0.05) is 4.88 Å². The van der Waals surface area contributed by atoms with Crippen LogP contribution >= 0.6 is 11.3 Å². The summed E-state index contributed by atoms with van der Waals surface area (Å²) in [6, 6.07) is 12.1. The molecule has 1 atom stereocenters. The monoisotopic (exact) mass is 340 g/mol. The number of ether oxygens (including phenoxy) is 1. The van der Waals surface area contributed by atoms with Gasteiger partial charge in [0.1, 0.15) is 9.96 Å². The number of thiophene rings is 1. The number of hydrogen-bond donors (Lipinski definition) is 2. The van der Waals surface area contributed by atoms with Crippen LogP contribution in [0.5, 0.6) is 5.75 Å². The normalized spacial score (nSPS) is 12.6. The summed E-state index contributed by atoms with van der Waals surface area (Å²) in [5, 5.41) is 7.73. The van der Waals surface area contributed by atoms with Gasteiger partial charge in [0.15, 0.2) is 6.10 Å². The molecule has 0 saturated heterocycles. The van der Waals surface area contributed by atoms with Gasteiger partial charge in [-0.05, 0) is 31.2 Å². The number of nitrogens with one attached hydrogen (secondary N) is 1. The Bertz CT molecular complexity index is 741. The lowest BCUT2D eigenvalue weighted by molar-refractivity contribution is -0.127. The Hall–Kier alpha value is -1.90. The number of primary sulfonamides is 1. The maximum atomic E-state index is 11.9. The first kappa shape index (κ1) is 16.5. The van der Waals surface area contributed by atoms with E-state index in [1.165, 1.54) is 6.07 Å². The maximum absolute atomic E-state index is 11.9. The average Bonchev–Trinajstić information content (AvgIpc) is 2.94. The van der Waals surface area contributed by atoms with Crippen molar-refractivity contribution >= 4 is 27.3 Å². The van der Waals surface area contributed by atoms with Crippen molar-refractivity contribution in [2.45, 2.75) is 23.8 Å². The molecule has 1 aromatic carbocycles. The lowest BCUT2D eigenvalue weighted by Gasteiger charge is -2.14. The fourth-order valence-electron chi connectivity index (χ4n) is 1.68. The Balaban J connectivity index is 1.88. The van der Waals surface area contributed by atoms with Crippen LogP contribution in [0.25, 0.3) is 0 Å². The molecule has 0 bridgehead atoms. The van der Waals surface area contributed by atoms with E-state index in [4.69, 9.17) is 9.88 Å². The minimum absolute atomic E-state index is 0.0744. The van der Waals surface area contributed by atoms with Crippen molar-refractivity contribution in [2.75, 3.05) is 0 Å². The van der Waals surface area contributed by atoms with Crippen molar-refractivity contribution in [3.63, 3.8) is 0 Å². The second-order valence-corrected chi connectivity index (χ2v) is 7.51. The van der Waals surface area contributed by atoms with Gasteiger partial charge in [-0.15, -0.1) is 11.3 Å². The molecular formula is C14H16N2O4S2. The predicted molar refractivity (Wildman–Crippen MR) is 84.1 cm³/mol. The van der Waals surface area contributed by atoms with E-state index in [1.54, 1.807) is 25.1 Å². The van der Waals surface area contributed by atoms with Gasteiger partial charge >= 0.3 is 0 Å². The summed E-state index contributed by atoms with van der Waals surface area (Å²) >= 11 is 1.03. The van der Waals surface area contributed by atoms with Crippen LogP contribution < -0.4 is 15.2 Å². The zero-order valence-electron chi connectivity index (χ0n) is 11.9. The summed E-state index contributed by atoms with van der Waals surface area (Å²) in [6.45, 7) is 1.87. The number of hydrogen-bond acceptors (Lipinski definition) is 5. The molecule has 22 heavy (non-hydrogen) atoms. The predicted octanol–water partition coefficient (Wildman–Crippen LogP) is 1.48. The van der Waals surface area contributed by atoms with Gasteiger partial charge in [-0.3, -0.25) is 4.79 Å². The van der Waals surface area contributed by atoms with E-state index < -0.39 is 16.1 Å². The number of para-hydroxylation sites is 1. The molecule has 3 N–H and O–H groups in total. The smallest absolute Gasteiger partial charge is 0.261 e. The molecule has 0 saturated carbocycles. The van der Waals surface area contributed by atoms with Gasteiger partial charge in [0.05, 0.1) is 6.54 Å². The highest BCUT2D eigenvalue weighted by Gasteiger charge is 2.16. The van der Waals surface area contributed by atoms with Crippen molar-refractivity contribution in [1.82, 2.24) is 5.32 Å². The summed E-state index contributed by atoms with van der Waals surface area (Å²) in [7, 11) is -3.70. The van der Waals surface area contributed by atoms with Crippen molar-refractivity contribution in [2.24, 2.45) is 5.14 Å². The van der Waals surface area contributed by atoms with Crippen LogP contribution in [0.15, 0.2) is 46.7 Å². The van der Waals surface area contributed by atoms with E-state index in [2.05, 4.69) is 5.32 Å². The van der Waals surface area contributed by atoms with Gasteiger partial charge in [-0.2, -0.15) is 0 Å². The first-order valence-corrected chi connectivity index (χ1v) is 8.83. The van der Waals surface area contributed by atoms with Crippen LogP contribution in [0.3, 0.4) is 0 Å². The molecule has 6 nitrogen and oxygen atoms in total. The highest BCUT2D eigenvalue weighted by Crippen LogP contribution is 2.20. The molecule has 0 aliphatic heterocycles. The molecule has 2 aromatic rings. The molecule has 1 amide bonds. The summed E-state index contributed by atoms with van der Waals surface area (Å²) in [6.07, 6.45) is -0.653. The Morgan fingerprint density at radius 3 is 2.55 bits per heavy atom. The first-order valence-electron chi connectivity index (χ1n) is 6.47. The molecule has 0 aliphatic carbocycles. The Kier molecular flexibility index (Phi) is 5.17. The van der Waals surface area contributed by atoms with E-state index in [0.29, 0.717) is 10.6 Å². The number of nitrogens with two attached hydrogens (primary N) is 1. The quantitative estimate of drug-likeness (QED) is 0.832. The topological polar surface area (TPSA) is 98.5 Å². The van der Waals surface area contributed by atoms with Gasteiger partial charge < -0.3 is 10.1 Å². The van der Waals surface area contributed by atoms with Gasteiger partial charge in [0.2, 0.25) is 10.0 Å². The van der Waals surface area contributed by atoms with Crippen LogP contribution in [-0.2, 0) is 21.4 Å². The number of sulfonamides is 1. The summed E-state index contributed by atoms with van der Waals surface area (Å²) in [4.78, 5) is 12.6. The van der Waals surface area contributed by atoms with E-state index in [-0.39, 0.29) is 16.7 Å². The number of benzene rings is 1. The summed E-state index contributed by atoms with van der Waals surface area (Å²) < 4.78 is 27.9. The molecule has 0 spiro atoms. The van der Waals surface area contributed by atoms with Crippen molar-refractivity contribution in [1.29, 1.82) is 0 Å². The number of carbonyl (C=O) groups excluding carboxylic acids is 1. The largest absolute Gasteiger partial charge is 0.481 e. The van der Waals surface area contributed by atoms with Crippen molar-refractivity contribution in [3.05, 3.63) is 47.3 Å². The van der Waals surface area contributed by atoms with Gasteiger partial charge in [0.25, 0.3) is 5.91 Å². The maximum Gasteiger partial charge on any atom is 0.261 e. The van der Waals surface area contributed by atoms with Crippen molar-refractivity contribution in [3.8, 4) is 5.75 Å². The Morgan fingerprint density at radius 1 is 1.27 bits per heavy atom. The second-order valence-electron chi connectivity index (χ2n) is 4.56. The fraction of sp³-hybridized carbons (Fsp3) is 0.214. The lowest BCUT2D eigenvalue weighted by atomic mass is 10.3. The number of carbonyl (C=O) groups is 1. The van der Waals surface area contributed by atoms with E-state index in [9.17, 15) is 13.2 Å². The van der Waals surface area contributed by atoms with Crippen molar-refractivity contribution < 1.29 is 17.9 Å². The van der Waals surface area contributed by atoms with Gasteiger partial charge in [-0.1, -0.05) is 18.2 Å². The third-order valence-electron chi connectivity index (χ3n) is 2.78. The van der Waals surface area contributed by atoms with Crippen LogP contribution in [-0.4, -0.2) is 20.4 Å². The van der Waals surface area contributed by atoms with E-state index in [1.807, 2.05) is 18.2 Å². The fourth-order valence-corrected chi connectivity index (χ4v) is 3.40. The zero-order chi connectivity index (χ0) is 16.2. The van der Waals surface area contributed by atoms with Crippen LogP contribution in [0.2, 0.25) is 0 Å². The zero-order valence-corrected chi connectivity index (χ0v) is 13.5. The third kappa shape index (κ3) is 4.55. The van der Waals surface area contributed by atoms with Gasteiger partial charge in [-0.25, -0.2) is 13.6 Å². The molecule has 1 aromatic heterocycles. The van der Waals surface area contributed by atoms with Crippen LogP contribution in [0.1, 0.15) is 11.8 Å². The molecule has 118 valence electrons. The molecule has 1 unspecified atom stereocenters. The highest BCUT2D eigenvalue weighted by molar-refractivity contribution is 7.91. The highest BCUT2D eigenvalue weighted by atomic mass is 32.2. The molecule has 8 heteroatoms. The minimum atomic E-state index is -3.70. The summed E-state index contributed by atoms with van der Waals surface area (Å²) in [5.41, 5.74) is 0. The Morgan fingerprint density at radius 2 is 1.95 bits per heavy atom.